The number of hydrogen-bond acceptors (Lipinski definition) is 1. The highest BCUT2D eigenvalue weighted by Gasteiger charge is 1.90. The average molecular weight is 200 g/mol. The molecule has 0 aliphatic carbocycles. The third-order valence-corrected chi connectivity index (χ3v) is 1.76. The minimum absolute atomic E-state index is 1.05. The van der Waals surface area contributed by atoms with Crippen LogP contribution in [0, 0.1) is 0 Å². The van der Waals surface area contributed by atoms with Crippen molar-refractivity contribution in [3.63, 3.8) is 0 Å². The molecule has 1 nitrogen and oxygen atoms in total. The summed E-state index contributed by atoms with van der Waals surface area (Å²) in [6, 6.07) is 4.07. The number of pyridine rings is 1. The van der Waals surface area contributed by atoms with Crippen LogP contribution in [-0.2, 0) is 6.42 Å². The van der Waals surface area contributed by atoms with Crippen LogP contribution in [0.25, 0.3) is 0 Å². The summed E-state index contributed by atoms with van der Waals surface area (Å²) in [4.78, 5) is 4.22. The second kappa shape index (κ2) is 3.71. The maximum atomic E-state index is 4.22. The molecule has 0 N–H and O–H groups in total. The van der Waals surface area contributed by atoms with E-state index in [2.05, 4.69) is 27.8 Å². The predicted octanol–water partition coefficient (Wildman–Crippen LogP) is 2.80. The van der Waals surface area contributed by atoms with E-state index < -0.39 is 0 Å². The number of halogens is 1. The monoisotopic (exact) mass is 199 g/mol. The van der Waals surface area contributed by atoms with E-state index in [-0.39, 0.29) is 0 Å². The Morgan fingerprint density at radius 2 is 2.30 bits per heavy atom. The lowest BCUT2D eigenvalue weighted by molar-refractivity contribution is 0.881. The number of rotatable bonds is 2. The van der Waals surface area contributed by atoms with E-state index in [1.807, 2.05) is 18.3 Å². The minimum Gasteiger partial charge on any atom is -0.260 e. The van der Waals surface area contributed by atoms with Crippen LogP contribution in [-0.4, -0.2) is 4.98 Å². The van der Waals surface area contributed by atoms with Gasteiger partial charge >= 0.3 is 0 Å². The molecule has 2 heteroatoms. The standard InChI is InChI=1S/C8H10BrN/c1-2-3-8-5-4-7(9)6-10-8/h4-6H,2-3H2,1H3. The number of aryl methyl sites for hydroxylation is 1. The molecule has 0 unspecified atom stereocenters. The van der Waals surface area contributed by atoms with Crippen LogP contribution < -0.4 is 0 Å². The smallest absolute Gasteiger partial charge is 0.0413 e. The van der Waals surface area contributed by atoms with Crippen molar-refractivity contribution in [3.05, 3.63) is 28.5 Å². The quantitative estimate of drug-likeness (QED) is 0.715. The van der Waals surface area contributed by atoms with Gasteiger partial charge in [0.2, 0.25) is 0 Å². The molecule has 0 amide bonds. The van der Waals surface area contributed by atoms with Gasteiger partial charge in [-0.15, -0.1) is 0 Å². The zero-order valence-electron chi connectivity index (χ0n) is 5.97. The summed E-state index contributed by atoms with van der Waals surface area (Å²) in [5, 5.41) is 0. The van der Waals surface area contributed by atoms with Crippen LogP contribution in [0.3, 0.4) is 0 Å². The highest BCUT2D eigenvalue weighted by molar-refractivity contribution is 9.10. The van der Waals surface area contributed by atoms with Gasteiger partial charge in [0.1, 0.15) is 0 Å². The molecule has 54 valence electrons. The summed E-state index contributed by atoms with van der Waals surface area (Å²) in [6.07, 6.45) is 4.08. The topological polar surface area (TPSA) is 12.9 Å². The van der Waals surface area contributed by atoms with Gasteiger partial charge < -0.3 is 0 Å². The molecular weight excluding hydrogens is 190 g/mol. The molecular formula is C8H10BrN. The van der Waals surface area contributed by atoms with Crippen molar-refractivity contribution < 1.29 is 0 Å². The van der Waals surface area contributed by atoms with E-state index in [0.717, 1.165) is 17.3 Å². The van der Waals surface area contributed by atoms with E-state index in [1.54, 1.807) is 0 Å². The first-order chi connectivity index (χ1) is 4.83. The van der Waals surface area contributed by atoms with E-state index in [0.29, 0.717) is 0 Å². The average Bonchev–Trinajstić information content (AvgIpc) is 1.95. The first kappa shape index (κ1) is 7.73. The minimum atomic E-state index is 1.05. The van der Waals surface area contributed by atoms with Crippen LogP contribution in [0.5, 0.6) is 0 Å². The molecule has 0 atom stereocenters. The Kier molecular flexibility index (Phi) is 2.87. The maximum absolute atomic E-state index is 4.22. The lowest BCUT2D eigenvalue weighted by Gasteiger charge is -1.95. The third-order valence-electron chi connectivity index (χ3n) is 1.29. The largest absolute Gasteiger partial charge is 0.260 e. The Bertz CT molecular complexity index is 193. The Morgan fingerprint density at radius 3 is 2.80 bits per heavy atom. The molecule has 0 bridgehead atoms. The normalized spacial score (nSPS) is 9.80. The van der Waals surface area contributed by atoms with Gasteiger partial charge in [-0.3, -0.25) is 4.98 Å². The fraction of sp³-hybridized carbons (Fsp3) is 0.375. The molecule has 0 aromatic carbocycles. The number of aromatic nitrogens is 1. The summed E-state index contributed by atoms with van der Waals surface area (Å²) in [5.41, 5.74) is 1.17. The molecule has 1 aromatic rings. The third kappa shape index (κ3) is 2.10. The van der Waals surface area contributed by atoms with Crippen molar-refractivity contribution in [1.29, 1.82) is 0 Å². The van der Waals surface area contributed by atoms with Gasteiger partial charge in [-0.25, -0.2) is 0 Å². The van der Waals surface area contributed by atoms with Crippen LogP contribution in [0.15, 0.2) is 22.8 Å². The van der Waals surface area contributed by atoms with E-state index in [1.165, 1.54) is 5.69 Å². The van der Waals surface area contributed by atoms with E-state index in [9.17, 15) is 0 Å². The number of hydrogen-bond donors (Lipinski definition) is 0. The molecule has 0 saturated carbocycles. The van der Waals surface area contributed by atoms with Crippen molar-refractivity contribution in [2.24, 2.45) is 0 Å². The van der Waals surface area contributed by atoms with Gasteiger partial charge in [0.25, 0.3) is 0 Å². The summed E-state index contributed by atoms with van der Waals surface area (Å²) >= 11 is 3.33. The molecule has 0 fully saturated rings. The second-order valence-electron chi connectivity index (χ2n) is 2.22. The van der Waals surface area contributed by atoms with Crippen LogP contribution in [0.2, 0.25) is 0 Å². The zero-order valence-corrected chi connectivity index (χ0v) is 7.56. The Labute approximate surface area is 69.6 Å². The van der Waals surface area contributed by atoms with Gasteiger partial charge in [-0.1, -0.05) is 13.3 Å². The fourth-order valence-electron chi connectivity index (χ4n) is 0.810. The Hall–Kier alpha value is -0.370. The molecule has 0 radical (unpaired) electrons. The van der Waals surface area contributed by atoms with Crippen molar-refractivity contribution >= 4 is 15.9 Å². The van der Waals surface area contributed by atoms with Crippen LogP contribution >= 0.6 is 15.9 Å². The molecule has 0 spiro atoms. The number of nitrogens with zero attached hydrogens (tertiary/aromatic N) is 1. The van der Waals surface area contributed by atoms with Gasteiger partial charge in [-0.2, -0.15) is 0 Å². The lowest BCUT2D eigenvalue weighted by Crippen LogP contribution is -1.86. The molecule has 1 rings (SSSR count). The van der Waals surface area contributed by atoms with Gasteiger partial charge in [0.05, 0.1) is 0 Å². The van der Waals surface area contributed by atoms with Crippen molar-refractivity contribution in [2.75, 3.05) is 0 Å². The van der Waals surface area contributed by atoms with Gasteiger partial charge in [-0.05, 0) is 34.5 Å². The zero-order chi connectivity index (χ0) is 7.40. The molecule has 0 aliphatic rings. The fourth-order valence-corrected chi connectivity index (χ4v) is 1.05. The SMILES string of the molecule is CCCc1ccc(Br)cn1. The summed E-state index contributed by atoms with van der Waals surface area (Å²) < 4.78 is 1.05. The first-order valence-corrected chi connectivity index (χ1v) is 4.22. The molecule has 1 heterocycles. The Balaban J connectivity index is 2.69. The summed E-state index contributed by atoms with van der Waals surface area (Å²) in [7, 11) is 0. The van der Waals surface area contributed by atoms with Crippen molar-refractivity contribution in [1.82, 2.24) is 4.98 Å². The van der Waals surface area contributed by atoms with Crippen molar-refractivity contribution in [3.8, 4) is 0 Å². The summed E-state index contributed by atoms with van der Waals surface area (Å²) in [5.74, 6) is 0. The van der Waals surface area contributed by atoms with E-state index >= 15 is 0 Å². The highest BCUT2D eigenvalue weighted by atomic mass is 79.9. The van der Waals surface area contributed by atoms with Crippen LogP contribution in [0.1, 0.15) is 19.0 Å². The van der Waals surface area contributed by atoms with Gasteiger partial charge in [0.15, 0.2) is 0 Å². The second-order valence-corrected chi connectivity index (χ2v) is 3.13. The maximum Gasteiger partial charge on any atom is 0.0413 e. The lowest BCUT2D eigenvalue weighted by atomic mass is 10.2. The predicted molar refractivity (Wildman–Crippen MR) is 45.9 cm³/mol. The molecule has 0 saturated heterocycles. The molecule has 1 aromatic heterocycles. The highest BCUT2D eigenvalue weighted by Crippen LogP contribution is 2.08. The molecule has 0 aliphatic heterocycles. The Morgan fingerprint density at radius 1 is 1.50 bits per heavy atom. The first-order valence-electron chi connectivity index (χ1n) is 3.43. The summed E-state index contributed by atoms with van der Waals surface area (Å²) in [6.45, 7) is 2.16. The van der Waals surface area contributed by atoms with Gasteiger partial charge in [0, 0.05) is 16.4 Å². The van der Waals surface area contributed by atoms with E-state index in [4.69, 9.17) is 0 Å². The van der Waals surface area contributed by atoms with Crippen molar-refractivity contribution in [2.45, 2.75) is 19.8 Å². The molecule has 10 heavy (non-hydrogen) atoms. The van der Waals surface area contributed by atoms with Crippen LogP contribution in [0.4, 0.5) is 0 Å².